The lowest BCUT2D eigenvalue weighted by Crippen LogP contribution is -2.22. The fourth-order valence-corrected chi connectivity index (χ4v) is 2.65. The maximum absolute atomic E-state index is 4.05. The smallest absolute Gasteiger partial charge is 0.0651 e. The second-order valence-corrected chi connectivity index (χ2v) is 5.25. The number of nitrogens with zero attached hydrogens (tertiary/aromatic N) is 2. The van der Waals surface area contributed by atoms with Crippen LogP contribution in [0.15, 0.2) is 24.4 Å². The average molecular weight is 244 g/mol. The molecule has 2 heterocycles. The van der Waals surface area contributed by atoms with Crippen molar-refractivity contribution in [2.45, 2.75) is 25.3 Å². The summed E-state index contributed by atoms with van der Waals surface area (Å²) in [6.07, 6.45) is 5.64. The molecular weight excluding hydrogens is 224 g/mol. The van der Waals surface area contributed by atoms with Crippen LogP contribution in [0.5, 0.6) is 0 Å². The number of H-pyrrole nitrogens is 1. The molecule has 2 aromatic rings. The number of rotatable bonds is 2. The molecule has 3 rings (SSSR count). The van der Waals surface area contributed by atoms with Crippen LogP contribution >= 0.6 is 0 Å². The molecule has 1 aromatic carbocycles. The Morgan fingerprint density at radius 3 is 3.22 bits per heavy atom. The van der Waals surface area contributed by atoms with Crippen molar-refractivity contribution in [1.82, 2.24) is 15.1 Å². The molecule has 1 atom stereocenters. The summed E-state index contributed by atoms with van der Waals surface area (Å²) in [5, 5.41) is 11.9. The summed E-state index contributed by atoms with van der Waals surface area (Å²) >= 11 is 0. The van der Waals surface area contributed by atoms with E-state index in [4.69, 9.17) is 0 Å². The fourth-order valence-electron chi connectivity index (χ4n) is 2.65. The number of benzene rings is 1. The molecule has 1 aliphatic heterocycles. The molecule has 0 spiro atoms. The lowest BCUT2D eigenvalue weighted by atomic mass is 10.1. The standard InChI is InChI=1S/C14H20N4/c1-18-7-2-3-12(6-8-18)16-13-4-5-14-11(9-13)10-15-17-14/h4-5,9-10,12,16H,2-3,6-8H2,1H3,(H,15,17). The van der Waals surface area contributed by atoms with Gasteiger partial charge in [-0.05, 0) is 57.6 Å². The summed E-state index contributed by atoms with van der Waals surface area (Å²) in [6, 6.07) is 7.00. The maximum Gasteiger partial charge on any atom is 0.0651 e. The lowest BCUT2D eigenvalue weighted by molar-refractivity contribution is 0.348. The quantitative estimate of drug-likeness (QED) is 0.853. The first-order valence-corrected chi connectivity index (χ1v) is 6.69. The third-order valence-corrected chi connectivity index (χ3v) is 3.76. The predicted molar refractivity (Wildman–Crippen MR) is 74.9 cm³/mol. The number of likely N-dealkylation sites (tertiary alicyclic amines) is 1. The number of aromatic nitrogens is 2. The number of fused-ring (bicyclic) bond motifs is 1. The molecule has 1 aliphatic rings. The SMILES string of the molecule is CN1CCCC(Nc2ccc3[nH]ncc3c2)CC1. The molecule has 0 radical (unpaired) electrons. The van der Waals surface area contributed by atoms with Crippen LogP contribution < -0.4 is 5.32 Å². The lowest BCUT2D eigenvalue weighted by Gasteiger charge is -2.18. The van der Waals surface area contributed by atoms with Gasteiger partial charge in [0.25, 0.3) is 0 Å². The van der Waals surface area contributed by atoms with Crippen molar-refractivity contribution < 1.29 is 0 Å². The van der Waals surface area contributed by atoms with Gasteiger partial charge in [-0.25, -0.2) is 0 Å². The van der Waals surface area contributed by atoms with Crippen molar-refractivity contribution in [1.29, 1.82) is 0 Å². The Labute approximate surface area is 107 Å². The van der Waals surface area contributed by atoms with Crippen LogP contribution in [0.4, 0.5) is 5.69 Å². The van der Waals surface area contributed by atoms with E-state index in [2.05, 4.69) is 45.7 Å². The van der Waals surface area contributed by atoms with Crippen molar-refractivity contribution in [3.05, 3.63) is 24.4 Å². The molecule has 4 nitrogen and oxygen atoms in total. The van der Waals surface area contributed by atoms with Gasteiger partial charge in [0.1, 0.15) is 0 Å². The summed E-state index contributed by atoms with van der Waals surface area (Å²) in [7, 11) is 2.21. The highest BCUT2D eigenvalue weighted by Crippen LogP contribution is 2.20. The van der Waals surface area contributed by atoms with E-state index in [1.165, 1.54) is 43.4 Å². The van der Waals surface area contributed by atoms with Gasteiger partial charge in [0.15, 0.2) is 0 Å². The van der Waals surface area contributed by atoms with E-state index in [0.29, 0.717) is 6.04 Å². The van der Waals surface area contributed by atoms with Crippen molar-refractivity contribution in [3.8, 4) is 0 Å². The Kier molecular flexibility index (Phi) is 3.19. The van der Waals surface area contributed by atoms with Gasteiger partial charge < -0.3 is 10.2 Å². The summed E-state index contributed by atoms with van der Waals surface area (Å²) < 4.78 is 0. The molecule has 1 saturated heterocycles. The van der Waals surface area contributed by atoms with Crippen LogP contribution in [0.2, 0.25) is 0 Å². The number of aromatic amines is 1. The van der Waals surface area contributed by atoms with Crippen molar-refractivity contribution in [2.24, 2.45) is 0 Å². The van der Waals surface area contributed by atoms with E-state index < -0.39 is 0 Å². The van der Waals surface area contributed by atoms with E-state index in [0.717, 1.165) is 5.52 Å². The second-order valence-electron chi connectivity index (χ2n) is 5.25. The van der Waals surface area contributed by atoms with Gasteiger partial charge in [0.2, 0.25) is 0 Å². The Morgan fingerprint density at radius 1 is 1.33 bits per heavy atom. The molecule has 96 valence electrons. The first-order valence-electron chi connectivity index (χ1n) is 6.69. The summed E-state index contributed by atoms with van der Waals surface area (Å²) in [6.45, 7) is 2.41. The van der Waals surface area contributed by atoms with Gasteiger partial charge >= 0.3 is 0 Å². The molecular formula is C14H20N4. The molecule has 18 heavy (non-hydrogen) atoms. The minimum absolute atomic E-state index is 0.597. The Bertz CT molecular complexity index is 519. The number of nitrogens with one attached hydrogen (secondary N) is 2. The summed E-state index contributed by atoms with van der Waals surface area (Å²) in [5.74, 6) is 0. The molecule has 0 bridgehead atoms. The first kappa shape index (κ1) is 11.5. The van der Waals surface area contributed by atoms with Gasteiger partial charge in [-0.15, -0.1) is 0 Å². The van der Waals surface area contributed by atoms with Gasteiger partial charge in [0, 0.05) is 17.1 Å². The number of anilines is 1. The van der Waals surface area contributed by atoms with Crippen LogP contribution in [-0.2, 0) is 0 Å². The third-order valence-electron chi connectivity index (χ3n) is 3.76. The summed E-state index contributed by atoms with van der Waals surface area (Å²) in [5.41, 5.74) is 2.31. The van der Waals surface area contributed by atoms with Crippen molar-refractivity contribution in [3.63, 3.8) is 0 Å². The minimum atomic E-state index is 0.597. The van der Waals surface area contributed by atoms with Gasteiger partial charge in [-0.1, -0.05) is 0 Å². The highest BCUT2D eigenvalue weighted by molar-refractivity contribution is 5.81. The third kappa shape index (κ3) is 2.48. The second kappa shape index (κ2) is 4.98. The van der Waals surface area contributed by atoms with E-state index >= 15 is 0 Å². The number of hydrogen-bond acceptors (Lipinski definition) is 3. The van der Waals surface area contributed by atoms with Crippen LogP contribution in [-0.4, -0.2) is 41.3 Å². The largest absolute Gasteiger partial charge is 0.382 e. The van der Waals surface area contributed by atoms with E-state index in [1.54, 1.807) is 0 Å². The van der Waals surface area contributed by atoms with Crippen LogP contribution in [0.1, 0.15) is 19.3 Å². The maximum atomic E-state index is 4.05. The van der Waals surface area contributed by atoms with Crippen LogP contribution in [0.3, 0.4) is 0 Å². The van der Waals surface area contributed by atoms with E-state index in [-0.39, 0.29) is 0 Å². The van der Waals surface area contributed by atoms with E-state index in [9.17, 15) is 0 Å². The Hall–Kier alpha value is -1.55. The molecule has 0 aliphatic carbocycles. The summed E-state index contributed by atoms with van der Waals surface area (Å²) in [4.78, 5) is 2.42. The molecule has 4 heteroatoms. The predicted octanol–water partition coefficient (Wildman–Crippen LogP) is 2.46. The highest BCUT2D eigenvalue weighted by atomic mass is 15.1. The Morgan fingerprint density at radius 2 is 2.28 bits per heavy atom. The molecule has 0 saturated carbocycles. The van der Waals surface area contributed by atoms with Crippen LogP contribution in [0, 0.1) is 0 Å². The Balaban J connectivity index is 1.71. The van der Waals surface area contributed by atoms with Crippen LogP contribution in [0.25, 0.3) is 10.9 Å². The topological polar surface area (TPSA) is 44.0 Å². The zero-order chi connectivity index (χ0) is 12.4. The minimum Gasteiger partial charge on any atom is -0.382 e. The van der Waals surface area contributed by atoms with Gasteiger partial charge in [-0.2, -0.15) is 5.10 Å². The molecule has 1 aromatic heterocycles. The zero-order valence-electron chi connectivity index (χ0n) is 10.8. The normalized spacial score (nSPS) is 21.9. The fraction of sp³-hybridized carbons (Fsp3) is 0.500. The molecule has 0 amide bonds. The van der Waals surface area contributed by atoms with E-state index in [1.807, 2.05) is 6.20 Å². The van der Waals surface area contributed by atoms with Crippen molar-refractivity contribution in [2.75, 3.05) is 25.5 Å². The highest BCUT2D eigenvalue weighted by Gasteiger charge is 2.14. The number of hydrogen-bond donors (Lipinski definition) is 2. The molecule has 1 unspecified atom stereocenters. The first-order chi connectivity index (χ1) is 8.81. The molecule has 1 fully saturated rings. The molecule has 2 N–H and O–H groups in total. The van der Waals surface area contributed by atoms with Gasteiger partial charge in [0.05, 0.1) is 11.7 Å². The monoisotopic (exact) mass is 244 g/mol. The van der Waals surface area contributed by atoms with Gasteiger partial charge in [-0.3, -0.25) is 5.10 Å². The van der Waals surface area contributed by atoms with Crippen molar-refractivity contribution >= 4 is 16.6 Å². The average Bonchev–Trinajstić information content (AvgIpc) is 2.74. The zero-order valence-corrected chi connectivity index (χ0v) is 10.8.